The van der Waals surface area contributed by atoms with Crippen LogP contribution in [0.2, 0.25) is 0 Å². The molecular weight excluding hydrogens is 286 g/mol. The highest BCUT2D eigenvalue weighted by molar-refractivity contribution is 5.87. The summed E-state index contributed by atoms with van der Waals surface area (Å²) in [5, 5.41) is 11.8. The fourth-order valence-corrected chi connectivity index (χ4v) is 2.31. The second kappa shape index (κ2) is 7.91. The van der Waals surface area contributed by atoms with Crippen LogP contribution in [0.5, 0.6) is 0 Å². The third-order valence-electron chi connectivity index (χ3n) is 3.61. The Bertz CT molecular complexity index is 497. The van der Waals surface area contributed by atoms with Gasteiger partial charge in [0, 0.05) is 26.1 Å². The second-order valence-corrected chi connectivity index (χ2v) is 5.38. The van der Waals surface area contributed by atoms with Crippen molar-refractivity contribution in [2.75, 3.05) is 19.8 Å². The van der Waals surface area contributed by atoms with Gasteiger partial charge in [-0.3, -0.25) is 4.79 Å². The molecule has 1 aromatic rings. The molecule has 0 saturated carbocycles. The Kier molecular flexibility index (Phi) is 5.91. The maximum absolute atomic E-state index is 11.9. The molecule has 0 aliphatic carbocycles. The van der Waals surface area contributed by atoms with Crippen molar-refractivity contribution in [2.45, 2.75) is 31.4 Å². The first-order valence-electron chi connectivity index (χ1n) is 7.36. The summed E-state index contributed by atoms with van der Waals surface area (Å²) < 4.78 is 10.6. The highest BCUT2D eigenvalue weighted by atomic mass is 16.5. The van der Waals surface area contributed by atoms with Crippen LogP contribution in [-0.4, -0.2) is 42.3 Å². The molecule has 6 heteroatoms. The van der Waals surface area contributed by atoms with Crippen LogP contribution < -0.4 is 5.32 Å². The number of amides is 1. The van der Waals surface area contributed by atoms with E-state index in [0.29, 0.717) is 32.7 Å². The van der Waals surface area contributed by atoms with Crippen LogP contribution in [-0.2, 0) is 25.7 Å². The van der Waals surface area contributed by atoms with E-state index in [4.69, 9.17) is 9.47 Å². The van der Waals surface area contributed by atoms with Crippen molar-refractivity contribution in [3.8, 4) is 0 Å². The fourth-order valence-electron chi connectivity index (χ4n) is 2.31. The molecule has 22 heavy (non-hydrogen) atoms. The van der Waals surface area contributed by atoms with Crippen LogP contribution in [0.1, 0.15) is 24.8 Å². The maximum Gasteiger partial charge on any atom is 0.331 e. The summed E-state index contributed by atoms with van der Waals surface area (Å²) in [7, 11) is 0. The zero-order valence-corrected chi connectivity index (χ0v) is 12.4. The smallest absolute Gasteiger partial charge is 0.331 e. The number of nitrogens with one attached hydrogen (secondary N) is 1. The molecule has 6 nitrogen and oxygen atoms in total. The SMILES string of the molecule is O=C(CCCOCc1ccccc1)NC1(C(=O)O)CCOC1. The van der Waals surface area contributed by atoms with Crippen LogP contribution >= 0.6 is 0 Å². The molecule has 1 fully saturated rings. The molecule has 1 aliphatic heterocycles. The van der Waals surface area contributed by atoms with Gasteiger partial charge in [0.05, 0.1) is 13.2 Å². The molecule has 0 bridgehead atoms. The molecule has 0 radical (unpaired) electrons. The van der Waals surface area contributed by atoms with Crippen molar-refractivity contribution in [2.24, 2.45) is 0 Å². The van der Waals surface area contributed by atoms with Crippen LogP contribution in [0.4, 0.5) is 0 Å². The van der Waals surface area contributed by atoms with E-state index < -0.39 is 11.5 Å². The third kappa shape index (κ3) is 4.54. The standard InChI is InChI=1S/C16H21NO5/c18-14(17-16(15(19)20)8-10-22-12-16)7-4-9-21-11-13-5-2-1-3-6-13/h1-3,5-6H,4,7-12H2,(H,17,18)(H,19,20). The van der Waals surface area contributed by atoms with Crippen LogP contribution in [0.3, 0.4) is 0 Å². The molecule has 2 rings (SSSR count). The monoisotopic (exact) mass is 307 g/mol. The Balaban J connectivity index is 1.64. The summed E-state index contributed by atoms with van der Waals surface area (Å²) in [5.41, 5.74) is -0.179. The van der Waals surface area contributed by atoms with Crippen molar-refractivity contribution in [3.05, 3.63) is 35.9 Å². The van der Waals surface area contributed by atoms with E-state index in [1.165, 1.54) is 0 Å². The Morgan fingerprint density at radius 2 is 2.09 bits per heavy atom. The highest BCUT2D eigenvalue weighted by Crippen LogP contribution is 2.19. The van der Waals surface area contributed by atoms with E-state index in [1.54, 1.807) is 0 Å². The highest BCUT2D eigenvalue weighted by Gasteiger charge is 2.43. The van der Waals surface area contributed by atoms with E-state index in [1.807, 2.05) is 30.3 Å². The van der Waals surface area contributed by atoms with Crippen LogP contribution in [0.15, 0.2) is 30.3 Å². The molecular formula is C16H21NO5. The van der Waals surface area contributed by atoms with Gasteiger partial charge >= 0.3 is 5.97 Å². The topological polar surface area (TPSA) is 84.9 Å². The molecule has 0 spiro atoms. The van der Waals surface area contributed by atoms with Gasteiger partial charge in [-0.15, -0.1) is 0 Å². The molecule has 120 valence electrons. The molecule has 0 aromatic heterocycles. The molecule has 1 heterocycles. The van der Waals surface area contributed by atoms with E-state index >= 15 is 0 Å². The van der Waals surface area contributed by atoms with Gasteiger partial charge in [0.25, 0.3) is 0 Å². The zero-order valence-electron chi connectivity index (χ0n) is 12.4. The second-order valence-electron chi connectivity index (χ2n) is 5.38. The van der Waals surface area contributed by atoms with Gasteiger partial charge in [-0.1, -0.05) is 30.3 Å². The normalized spacial score (nSPS) is 20.7. The van der Waals surface area contributed by atoms with Gasteiger partial charge < -0.3 is 19.9 Å². The number of carbonyl (C=O) groups is 2. The first kappa shape index (κ1) is 16.5. The Morgan fingerprint density at radius 3 is 2.73 bits per heavy atom. The van der Waals surface area contributed by atoms with Crippen molar-refractivity contribution >= 4 is 11.9 Å². The molecule has 1 unspecified atom stereocenters. The quantitative estimate of drug-likeness (QED) is 0.708. The van der Waals surface area contributed by atoms with Crippen LogP contribution in [0.25, 0.3) is 0 Å². The van der Waals surface area contributed by atoms with E-state index in [9.17, 15) is 14.7 Å². The molecule has 1 atom stereocenters. The summed E-state index contributed by atoms with van der Waals surface area (Å²) >= 11 is 0. The fraction of sp³-hybridized carbons (Fsp3) is 0.500. The molecule has 1 aliphatic rings. The van der Waals surface area contributed by atoms with Gasteiger partial charge in [0.15, 0.2) is 5.54 Å². The average molecular weight is 307 g/mol. The number of hydrogen-bond acceptors (Lipinski definition) is 4. The Labute approximate surface area is 129 Å². The number of aliphatic carboxylic acids is 1. The zero-order chi connectivity index (χ0) is 15.8. The van der Waals surface area contributed by atoms with Gasteiger partial charge in [0.2, 0.25) is 5.91 Å². The first-order valence-corrected chi connectivity index (χ1v) is 7.36. The van der Waals surface area contributed by atoms with Gasteiger partial charge in [0.1, 0.15) is 0 Å². The predicted octanol–water partition coefficient (Wildman–Crippen LogP) is 1.34. The summed E-state index contributed by atoms with van der Waals surface area (Å²) in [6, 6.07) is 9.79. The Morgan fingerprint density at radius 1 is 1.32 bits per heavy atom. The largest absolute Gasteiger partial charge is 0.479 e. The van der Waals surface area contributed by atoms with E-state index in [0.717, 1.165) is 5.56 Å². The van der Waals surface area contributed by atoms with Gasteiger partial charge in [-0.2, -0.15) is 0 Å². The number of ether oxygens (including phenoxy) is 2. The minimum atomic E-state index is -1.26. The minimum absolute atomic E-state index is 0.0264. The van der Waals surface area contributed by atoms with Crippen molar-refractivity contribution < 1.29 is 24.2 Å². The third-order valence-corrected chi connectivity index (χ3v) is 3.61. The number of rotatable bonds is 8. The summed E-state index contributed by atoms with van der Waals surface area (Å²) in [6.07, 6.45) is 1.09. The summed E-state index contributed by atoms with van der Waals surface area (Å²) in [4.78, 5) is 23.1. The van der Waals surface area contributed by atoms with Crippen molar-refractivity contribution in [3.63, 3.8) is 0 Å². The number of carboxylic acids is 1. The lowest BCUT2D eigenvalue weighted by atomic mass is 9.99. The number of carbonyl (C=O) groups excluding carboxylic acids is 1. The average Bonchev–Trinajstić information content (AvgIpc) is 2.98. The van der Waals surface area contributed by atoms with Gasteiger partial charge in [-0.05, 0) is 12.0 Å². The lowest BCUT2D eigenvalue weighted by molar-refractivity contribution is -0.147. The molecule has 1 saturated heterocycles. The minimum Gasteiger partial charge on any atom is -0.479 e. The predicted molar refractivity (Wildman–Crippen MR) is 79.3 cm³/mol. The maximum atomic E-state index is 11.9. The van der Waals surface area contributed by atoms with Crippen LogP contribution in [0, 0.1) is 0 Å². The number of benzene rings is 1. The van der Waals surface area contributed by atoms with Gasteiger partial charge in [-0.25, -0.2) is 4.79 Å². The lowest BCUT2D eigenvalue weighted by Gasteiger charge is -2.23. The lowest BCUT2D eigenvalue weighted by Crippen LogP contribution is -2.55. The molecule has 1 amide bonds. The Hall–Kier alpha value is -1.92. The first-order chi connectivity index (χ1) is 10.6. The summed E-state index contributed by atoms with van der Waals surface area (Å²) in [6.45, 7) is 1.35. The molecule has 2 N–H and O–H groups in total. The van der Waals surface area contributed by atoms with E-state index in [-0.39, 0.29) is 18.9 Å². The number of carboxylic acid groups (broad SMARTS) is 1. The van der Waals surface area contributed by atoms with Crippen molar-refractivity contribution in [1.82, 2.24) is 5.32 Å². The summed E-state index contributed by atoms with van der Waals surface area (Å²) in [5.74, 6) is -1.32. The number of hydrogen-bond donors (Lipinski definition) is 2. The van der Waals surface area contributed by atoms with E-state index in [2.05, 4.69) is 5.32 Å². The molecule has 1 aromatic carbocycles. The van der Waals surface area contributed by atoms with Crippen molar-refractivity contribution in [1.29, 1.82) is 0 Å².